The number of esters is 1. The van der Waals surface area contributed by atoms with Gasteiger partial charge in [0, 0.05) is 17.9 Å². The minimum Gasteiger partial charge on any atom is -0.497 e. The maximum Gasteiger partial charge on any atom is 0.306 e. The zero-order valence-corrected chi connectivity index (χ0v) is 14.0. The van der Waals surface area contributed by atoms with Gasteiger partial charge in [-0.25, -0.2) is 8.42 Å². The molecule has 0 saturated heterocycles. The molecule has 1 N–H and O–H groups in total. The van der Waals surface area contributed by atoms with Gasteiger partial charge in [-0.2, -0.15) is 0 Å². The third-order valence-electron chi connectivity index (χ3n) is 3.42. The molecule has 1 aliphatic rings. The standard InChI is InChI=1S/C16H19NO6S/c1-22-14-4-2-3-12(7-14)9-17-15(18)10-23-16(19)8-13-5-6-24(20,21)11-13/h2-7,13H,8-11H2,1H3,(H,17,18). The van der Waals surface area contributed by atoms with Crippen LogP contribution >= 0.6 is 0 Å². The number of sulfone groups is 1. The van der Waals surface area contributed by atoms with E-state index in [2.05, 4.69) is 5.32 Å². The topological polar surface area (TPSA) is 98.8 Å². The summed E-state index contributed by atoms with van der Waals surface area (Å²) >= 11 is 0. The second kappa shape index (κ2) is 7.96. The predicted octanol–water partition coefficient (Wildman–Crippen LogP) is 0.803. The average Bonchev–Trinajstić information content (AvgIpc) is 2.89. The lowest BCUT2D eigenvalue weighted by atomic mass is 10.1. The van der Waals surface area contributed by atoms with E-state index in [1.165, 1.54) is 6.08 Å². The number of carbonyl (C=O) groups is 2. The van der Waals surface area contributed by atoms with E-state index >= 15 is 0 Å². The van der Waals surface area contributed by atoms with Crippen LogP contribution in [0.15, 0.2) is 35.7 Å². The lowest BCUT2D eigenvalue weighted by Gasteiger charge is -2.09. The summed E-state index contributed by atoms with van der Waals surface area (Å²) in [5.74, 6) is -0.821. The van der Waals surface area contributed by atoms with Crippen molar-refractivity contribution >= 4 is 21.7 Å². The number of allylic oxidation sites excluding steroid dienone is 1. The number of hydrogen-bond acceptors (Lipinski definition) is 6. The molecule has 1 aromatic rings. The summed E-state index contributed by atoms with van der Waals surface area (Å²) in [5.41, 5.74) is 0.857. The first kappa shape index (κ1) is 18.0. The van der Waals surface area contributed by atoms with Crippen LogP contribution in [-0.4, -0.2) is 39.8 Å². The largest absolute Gasteiger partial charge is 0.497 e. The van der Waals surface area contributed by atoms with Crippen molar-refractivity contribution < 1.29 is 27.5 Å². The van der Waals surface area contributed by atoms with E-state index < -0.39 is 28.3 Å². The molecule has 0 aliphatic carbocycles. The minimum atomic E-state index is -3.20. The highest BCUT2D eigenvalue weighted by molar-refractivity contribution is 7.94. The number of hydrogen-bond donors (Lipinski definition) is 1. The Morgan fingerprint density at radius 2 is 2.12 bits per heavy atom. The molecule has 2 rings (SSSR count). The number of amides is 1. The Balaban J connectivity index is 1.69. The van der Waals surface area contributed by atoms with Crippen LogP contribution in [0.2, 0.25) is 0 Å². The number of benzene rings is 1. The molecule has 0 bridgehead atoms. The van der Waals surface area contributed by atoms with E-state index in [1.807, 2.05) is 12.1 Å². The van der Waals surface area contributed by atoms with E-state index in [-0.39, 0.29) is 24.6 Å². The highest BCUT2D eigenvalue weighted by atomic mass is 32.2. The number of carbonyl (C=O) groups excluding carboxylic acids is 2. The molecule has 1 heterocycles. The summed E-state index contributed by atoms with van der Waals surface area (Å²) in [4.78, 5) is 23.3. The van der Waals surface area contributed by atoms with Crippen LogP contribution in [0.1, 0.15) is 12.0 Å². The van der Waals surface area contributed by atoms with Crippen LogP contribution in [0.3, 0.4) is 0 Å². The molecule has 0 radical (unpaired) electrons. The van der Waals surface area contributed by atoms with Crippen LogP contribution in [0.4, 0.5) is 0 Å². The van der Waals surface area contributed by atoms with Crippen LogP contribution < -0.4 is 10.1 Å². The zero-order valence-electron chi connectivity index (χ0n) is 13.2. The monoisotopic (exact) mass is 353 g/mol. The number of ether oxygens (including phenoxy) is 2. The van der Waals surface area contributed by atoms with Crippen molar-refractivity contribution in [3.05, 3.63) is 41.3 Å². The van der Waals surface area contributed by atoms with E-state index in [0.29, 0.717) is 5.75 Å². The number of nitrogens with one attached hydrogen (secondary N) is 1. The fourth-order valence-corrected chi connectivity index (χ4v) is 3.62. The SMILES string of the molecule is COc1cccc(CNC(=O)COC(=O)CC2C=CS(=O)(=O)C2)c1. The van der Waals surface area contributed by atoms with Crippen molar-refractivity contribution in [3.8, 4) is 5.75 Å². The van der Waals surface area contributed by atoms with E-state index in [4.69, 9.17) is 9.47 Å². The Hall–Kier alpha value is -2.35. The molecule has 1 aliphatic heterocycles. The first-order valence-corrected chi connectivity index (χ1v) is 9.06. The summed E-state index contributed by atoms with van der Waals surface area (Å²) in [6.45, 7) is -0.108. The molecule has 1 atom stereocenters. The molecule has 1 aromatic carbocycles. The Morgan fingerprint density at radius 3 is 2.79 bits per heavy atom. The minimum absolute atomic E-state index is 0.0567. The van der Waals surface area contributed by atoms with Gasteiger partial charge in [0.05, 0.1) is 19.3 Å². The van der Waals surface area contributed by atoms with Gasteiger partial charge in [-0.15, -0.1) is 0 Å². The van der Waals surface area contributed by atoms with Crippen molar-refractivity contribution in [2.24, 2.45) is 5.92 Å². The summed E-state index contributed by atoms with van der Waals surface area (Å²) < 4.78 is 32.4. The molecule has 7 nitrogen and oxygen atoms in total. The van der Waals surface area contributed by atoms with Crippen LogP contribution in [0, 0.1) is 5.92 Å². The zero-order chi connectivity index (χ0) is 17.6. The van der Waals surface area contributed by atoms with Crippen molar-refractivity contribution in [2.45, 2.75) is 13.0 Å². The first-order chi connectivity index (χ1) is 11.4. The van der Waals surface area contributed by atoms with Gasteiger partial charge in [0.25, 0.3) is 5.91 Å². The summed E-state index contributed by atoms with van der Waals surface area (Å²) in [5, 5.41) is 3.73. The smallest absolute Gasteiger partial charge is 0.306 e. The fraction of sp³-hybridized carbons (Fsp3) is 0.375. The second-order valence-corrected chi connectivity index (χ2v) is 7.34. The van der Waals surface area contributed by atoms with Crippen molar-refractivity contribution in [3.63, 3.8) is 0 Å². The number of methoxy groups -OCH3 is 1. The Morgan fingerprint density at radius 1 is 1.33 bits per heavy atom. The molecule has 24 heavy (non-hydrogen) atoms. The van der Waals surface area contributed by atoms with Gasteiger partial charge in [0.15, 0.2) is 16.4 Å². The van der Waals surface area contributed by atoms with E-state index in [1.54, 1.807) is 19.2 Å². The molecular weight excluding hydrogens is 334 g/mol. The molecule has 0 aromatic heterocycles. The highest BCUT2D eigenvalue weighted by Crippen LogP contribution is 2.18. The van der Waals surface area contributed by atoms with Crippen molar-refractivity contribution in [1.82, 2.24) is 5.32 Å². The Bertz CT molecular complexity index is 741. The fourth-order valence-electron chi connectivity index (χ4n) is 2.22. The molecule has 8 heteroatoms. The molecule has 0 spiro atoms. The molecule has 0 saturated carbocycles. The lowest BCUT2D eigenvalue weighted by molar-refractivity contribution is -0.149. The number of rotatable bonds is 7. The van der Waals surface area contributed by atoms with Gasteiger partial charge in [-0.05, 0) is 17.7 Å². The van der Waals surface area contributed by atoms with Gasteiger partial charge >= 0.3 is 5.97 Å². The van der Waals surface area contributed by atoms with Gasteiger partial charge in [-0.1, -0.05) is 18.2 Å². The van der Waals surface area contributed by atoms with Gasteiger partial charge in [0.2, 0.25) is 0 Å². The van der Waals surface area contributed by atoms with Gasteiger partial charge in [0.1, 0.15) is 5.75 Å². The molecule has 130 valence electrons. The predicted molar refractivity (Wildman–Crippen MR) is 86.8 cm³/mol. The quantitative estimate of drug-likeness (QED) is 0.728. The van der Waals surface area contributed by atoms with Crippen molar-refractivity contribution in [1.29, 1.82) is 0 Å². The van der Waals surface area contributed by atoms with Crippen LogP contribution in [0.25, 0.3) is 0 Å². The summed E-state index contributed by atoms with van der Waals surface area (Å²) in [6, 6.07) is 7.23. The van der Waals surface area contributed by atoms with Gasteiger partial charge in [-0.3, -0.25) is 9.59 Å². The normalized spacial score (nSPS) is 18.1. The molecule has 1 amide bonds. The second-order valence-electron chi connectivity index (χ2n) is 5.41. The Kier molecular flexibility index (Phi) is 5.97. The van der Waals surface area contributed by atoms with E-state index in [9.17, 15) is 18.0 Å². The first-order valence-electron chi connectivity index (χ1n) is 7.34. The maximum absolute atomic E-state index is 11.7. The third-order valence-corrected chi connectivity index (χ3v) is 4.89. The molecule has 1 unspecified atom stereocenters. The van der Waals surface area contributed by atoms with E-state index in [0.717, 1.165) is 11.0 Å². The maximum atomic E-state index is 11.7. The van der Waals surface area contributed by atoms with Crippen molar-refractivity contribution in [2.75, 3.05) is 19.5 Å². The van der Waals surface area contributed by atoms with Crippen LogP contribution in [0.5, 0.6) is 5.75 Å². The highest BCUT2D eigenvalue weighted by Gasteiger charge is 2.24. The summed E-state index contributed by atoms with van der Waals surface area (Å²) in [7, 11) is -1.64. The summed E-state index contributed by atoms with van der Waals surface area (Å²) in [6.07, 6.45) is 1.42. The van der Waals surface area contributed by atoms with Crippen LogP contribution in [-0.2, 0) is 30.7 Å². The third kappa shape index (κ3) is 5.69. The van der Waals surface area contributed by atoms with Gasteiger partial charge < -0.3 is 14.8 Å². The average molecular weight is 353 g/mol. The Labute approximate surface area is 140 Å². The molecular formula is C16H19NO6S. The lowest BCUT2D eigenvalue weighted by Crippen LogP contribution is -2.28. The molecule has 0 fully saturated rings.